The first-order valence-corrected chi connectivity index (χ1v) is 10.4. The second-order valence-electron chi connectivity index (χ2n) is 5.86. The van der Waals surface area contributed by atoms with Crippen molar-refractivity contribution in [1.82, 2.24) is 4.72 Å². The van der Waals surface area contributed by atoms with Gasteiger partial charge in [-0.25, -0.2) is 13.1 Å². The van der Waals surface area contributed by atoms with Crippen LogP contribution >= 0.6 is 11.3 Å². The lowest BCUT2D eigenvalue weighted by Crippen LogP contribution is -2.28. The summed E-state index contributed by atoms with van der Waals surface area (Å²) in [5.41, 5.74) is 0.718. The lowest BCUT2D eigenvalue weighted by molar-refractivity contribution is 0.171. The Kier molecular flexibility index (Phi) is 4.58. The van der Waals surface area contributed by atoms with Crippen molar-refractivity contribution in [2.75, 3.05) is 19.8 Å². The van der Waals surface area contributed by atoms with E-state index < -0.39 is 16.1 Å². The molecule has 8 heteroatoms. The van der Waals surface area contributed by atoms with Gasteiger partial charge in [0, 0.05) is 22.9 Å². The summed E-state index contributed by atoms with van der Waals surface area (Å²) < 4.78 is 39.4. The highest BCUT2D eigenvalue weighted by molar-refractivity contribution is 7.89. The SMILES string of the molecule is O=S(=O)(NC[C@@H](O)c1csc2ccccc12)c1ccc2c(c1)OCCO2. The molecule has 6 nitrogen and oxygen atoms in total. The first-order chi connectivity index (χ1) is 12.5. The van der Waals surface area contributed by atoms with Gasteiger partial charge in [0.15, 0.2) is 11.5 Å². The van der Waals surface area contributed by atoms with Crippen LogP contribution in [0.1, 0.15) is 11.7 Å². The molecule has 2 N–H and O–H groups in total. The van der Waals surface area contributed by atoms with E-state index in [4.69, 9.17) is 9.47 Å². The Balaban J connectivity index is 1.51. The maximum absolute atomic E-state index is 12.5. The Bertz CT molecular complexity index is 1040. The number of sulfonamides is 1. The molecule has 0 bridgehead atoms. The van der Waals surface area contributed by atoms with Crippen LogP contribution in [-0.4, -0.2) is 33.3 Å². The third-order valence-electron chi connectivity index (χ3n) is 4.16. The highest BCUT2D eigenvalue weighted by Gasteiger charge is 2.21. The Labute approximate surface area is 155 Å². The van der Waals surface area contributed by atoms with Crippen molar-refractivity contribution in [3.8, 4) is 11.5 Å². The van der Waals surface area contributed by atoms with Gasteiger partial charge in [0.25, 0.3) is 0 Å². The van der Waals surface area contributed by atoms with Gasteiger partial charge in [-0.2, -0.15) is 0 Å². The van der Waals surface area contributed by atoms with Gasteiger partial charge >= 0.3 is 0 Å². The maximum atomic E-state index is 12.5. The molecule has 3 aromatic rings. The van der Waals surface area contributed by atoms with E-state index in [-0.39, 0.29) is 11.4 Å². The predicted molar refractivity (Wildman–Crippen MR) is 99.4 cm³/mol. The molecule has 1 aromatic heterocycles. The van der Waals surface area contributed by atoms with Gasteiger partial charge in [0.2, 0.25) is 10.0 Å². The number of nitrogens with one attached hydrogen (secondary N) is 1. The number of hydrogen-bond acceptors (Lipinski definition) is 6. The monoisotopic (exact) mass is 391 g/mol. The topological polar surface area (TPSA) is 84.9 Å². The minimum atomic E-state index is -3.78. The summed E-state index contributed by atoms with van der Waals surface area (Å²) in [7, 11) is -3.78. The van der Waals surface area contributed by atoms with E-state index >= 15 is 0 Å². The van der Waals surface area contributed by atoms with Crippen LogP contribution < -0.4 is 14.2 Å². The highest BCUT2D eigenvalue weighted by atomic mass is 32.2. The zero-order valence-electron chi connectivity index (χ0n) is 13.7. The molecular weight excluding hydrogens is 374 g/mol. The predicted octanol–water partition coefficient (Wildman–Crippen LogP) is 2.68. The van der Waals surface area contributed by atoms with E-state index in [0.29, 0.717) is 24.7 Å². The van der Waals surface area contributed by atoms with Crippen molar-refractivity contribution < 1.29 is 23.0 Å². The van der Waals surface area contributed by atoms with E-state index in [1.54, 1.807) is 6.07 Å². The summed E-state index contributed by atoms with van der Waals surface area (Å²) in [6.45, 7) is 0.712. The first kappa shape index (κ1) is 17.3. The summed E-state index contributed by atoms with van der Waals surface area (Å²) >= 11 is 1.52. The molecule has 0 spiro atoms. The van der Waals surface area contributed by atoms with Gasteiger partial charge in [-0.1, -0.05) is 18.2 Å². The normalized spacial score (nSPS) is 15.1. The van der Waals surface area contributed by atoms with Crippen molar-refractivity contribution in [1.29, 1.82) is 0 Å². The molecule has 0 unspecified atom stereocenters. The number of ether oxygens (including phenoxy) is 2. The van der Waals surface area contributed by atoms with Crippen molar-refractivity contribution in [2.24, 2.45) is 0 Å². The average Bonchev–Trinajstić information content (AvgIpc) is 3.10. The molecule has 0 saturated carbocycles. The lowest BCUT2D eigenvalue weighted by atomic mass is 10.1. The summed E-state index contributed by atoms with van der Waals surface area (Å²) in [4.78, 5) is 0.0733. The number of aliphatic hydroxyl groups is 1. The fourth-order valence-electron chi connectivity index (χ4n) is 2.83. The van der Waals surface area contributed by atoms with Crippen LogP contribution in [0.3, 0.4) is 0 Å². The Morgan fingerprint density at radius 3 is 2.73 bits per heavy atom. The van der Waals surface area contributed by atoms with Crippen molar-refractivity contribution >= 4 is 31.4 Å². The smallest absolute Gasteiger partial charge is 0.240 e. The van der Waals surface area contributed by atoms with E-state index in [2.05, 4.69) is 4.72 Å². The van der Waals surface area contributed by atoms with Gasteiger partial charge in [-0.15, -0.1) is 11.3 Å². The van der Waals surface area contributed by atoms with E-state index in [0.717, 1.165) is 15.6 Å². The molecule has 0 aliphatic carbocycles. The molecule has 2 aromatic carbocycles. The van der Waals surface area contributed by atoms with Gasteiger partial charge in [0.05, 0.1) is 11.0 Å². The van der Waals surface area contributed by atoms with Crippen molar-refractivity contribution in [3.05, 3.63) is 53.4 Å². The molecule has 0 amide bonds. The molecule has 2 heterocycles. The third kappa shape index (κ3) is 3.28. The van der Waals surface area contributed by atoms with Crippen LogP contribution in [0.15, 0.2) is 52.7 Å². The standard InChI is InChI=1S/C18H17NO5S2/c20-15(14-11-25-18-4-2-1-3-13(14)18)10-19-26(21,22)12-5-6-16-17(9-12)24-8-7-23-16/h1-6,9,11,15,19-20H,7-8,10H2/t15-/m1/s1. The number of aliphatic hydroxyl groups excluding tert-OH is 1. The first-order valence-electron chi connectivity index (χ1n) is 8.08. The summed E-state index contributed by atoms with van der Waals surface area (Å²) in [6.07, 6.45) is -0.932. The minimum Gasteiger partial charge on any atom is -0.486 e. The number of rotatable bonds is 5. The van der Waals surface area contributed by atoms with Gasteiger partial charge in [-0.3, -0.25) is 0 Å². The average molecular weight is 391 g/mol. The fraction of sp³-hybridized carbons (Fsp3) is 0.222. The summed E-state index contributed by atoms with van der Waals surface area (Å²) in [5.74, 6) is 0.934. The van der Waals surface area contributed by atoms with E-state index in [9.17, 15) is 13.5 Å². The molecule has 0 fully saturated rings. The van der Waals surface area contributed by atoms with Crippen LogP contribution in [0, 0.1) is 0 Å². The molecule has 1 aliphatic rings. The quantitative estimate of drug-likeness (QED) is 0.699. The van der Waals surface area contributed by atoms with Gasteiger partial charge in [-0.05, 0) is 29.0 Å². The number of thiophene rings is 1. The van der Waals surface area contributed by atoms with Crippen LogP contribution in [0.2, 0.25) is 0 Å². The Hall–Kier alpha value is -2.13. The molecule has 1 aliphatic heterocycles. The maximum Gasteiger partial charge on any atom is 0.240 e. The highest BCUT2D eigenvalue weighted by Crippen LogP contribution is 2.33. The number of benzene rings is 2. The van der Waals surface area contributed by atoms with Crippen LogP contribution in [0.5, 0.6) is 11.5 Å². The zero-order chi connectivity index (χ0) is 18.1. The van der Waals surface area contributed by atoms with E-state index in [1.807, 2.05) is 29.6 Å². The largest absolute Gasteiger partial charge is 0.486 e. The second kappa shape index (κ2) is 6.88. The minimum absolute atomic E-state index is 0.0733. The molecular formula is C18H17NO5S2. The summed E-state index contributed by atoms with van der Waals surface area (Å²) in [6, 6.07) is 12.2. The molecule has 136 valence electrons. The second-order valence-corrected chi connectivity index (χ2v) is 8.54. The van der Waals surface area contributed by atoms with Crippen LogP contribution in [-0.2, 0) is 10.0 Å². The molecule has 0 saturated heterocycles. The van der Waals surface area contributed by atoms with Crippen molar-refractivity contribution in [2.45, 2.75) is 11.0 Å². The van der Waals surface area contributed by atoms with Gasteiger partial charge < -0.3 is 14.6 Å². The van der Waals surface area contributed by atoms with E-state index in [1.165, 1.54) is 23.5 Å². The summed E-state index contributed by atoms with van der Waals surface area (Å²) in [5, 5.41) is 13.2. The Morgan fingerprint density at radius 2 is 1.88 bits per heavy atom. The molecule has 1 atom stereocenters. The zero-order valence-corrected chi connectivity index (χ0v) is 15.3. The third-order valence-corrected chi connectivity index (χ3v) is 6.56. The lowest BCUT2D eigenvalue weighted by Gasteiger charge is -2.19. The molecule has 26 heavy (non-hydrogen) atoms. The fourth-order valence-corrected chi connectivity index (χ4v) is 4.89. The Morgan fingerprint density at radius 1 is 1.12 bits per heavy atom. The van der Waals surface area contributed by atoms with Crippen molar-refractivity contribution in [3.63, 3.8) is 0 Å². The van der Waals surface area contributed by atoms with Crippen LogP contribution in [0.25, 0.3) is 10.1 Å². The number of fused-ring (bicyclic) bond motifs is 2. The molecule has 0 radical (unpaired) electrons. The van der Waals surface area contributed by atoms with Crippen LogP contribution in [0.4, 0.5) is 0 Å². The van der Waals surface area contributed by atoms with Gasteiger partial charge in [0.1, 0.15) is 13.2 Å². The molecule has 4 rings (SSSR count). The number of hydrogen-bond donors (Lipinski definition) is 2.